The molecule has 0 aromatic heterocycles. The van der Waals surface area contributed by atoms with Crippen LogP contribution >= 0.6 is 0 Å². The van der Waals surface area contributed by atoms with E-state index in [-0.39, 0.29) is 0 Å². The summed E-state index contributed by atoms with van der Waals surface area (Å²) in [5.74, 6) is 1.83. The van der Waals surface area contributed by atoms with Gasteiger partial charge in [0.15, 0.2) is 0 Å². The third-order valence-corrected chi connectivity index (χ3v) is 4.35. The van der Waals surface area contributed by atoms with Gasteiger partial charge in [0, 0.05) is 6.04 Å². The van der Waals surface area contributed by atoms with E-state index in [1.54, 1.807) is 11.1 Å². The van der Waals surface area contributed by atoms with Crippen LogP contribution < -0.4 is 5.32 Å². The van der Waals surface area contributed by atoms with Gasteiger partial charge < -0.3 is 5.32 Å². The van der Waals surface area contributed by atoms with E-state index in [0.29, 0.717) is 0 Å². The van der Waals surface area contributed by atoms with Crippen LogP contribution in [0.2, 0.25) is 0 Å². The molecule has 0 amide bonds. The van der Waals surface area contributed by atoms with E-state index in [9.17, 15) is 0 Å². The zero-order valence-electron chi connectivity index (χ0n) is 10.8. The number of nitrogens with one attached hydrogen (secondary N) is 1. The van der Waals surface area contributed by atoms with Crippen molar-refractivity contribution in [3.8, 4) is 0 Å². The second-order valence-electron chi connectivity index (χ2n) is 5.75. The van der Waals surface area contributed by atoms with Crippen molar-refractivity contribution in [3.63, 3.8) is 0 Å². The highest BCUT2D eigenvalue weighted by molar-refractivity contribution is 5.32. The second-order valence-corrected chi connectivity index (χ2v) is 5.75. The highest BCUT2D eigenvalue weighted by Gasteiger charge is 2.38. The summed E-state index contributed by atoms with van der Waals surface area (Å²) in [4.78, 5) is 0. The molecular weight excluding hydrogens is 206 g/mol. The summed E-state index contributed by atoms with van der Waals surface area (Å²) >= 11 is 0. The van der Waals surface area contributed by atoms with Crippen LogP contribution in [0.5, 0.6) is 0 Å². The molecule has 1 aromatic rings. The van der Waals surface area contributed by atoms with Gasteiger partial charge in [-0.3, -0.25) is 0 Å². The summed E-state index contributed by atoms with van der Waals surface area (Å²) < 4.78 is 0. The molecule has 1 nitrogen and oxygen atoms in total. The molecule has 0 spiro atoms. The van der Waals surface area contributed by atoms with Crippen molar-refractivity contribution in [2.45, 2.75) is 45.1 Å². The molecule has 3 rings (SSSR count). The predicted molar refractivity (Wildman–Crippen MR) is 72.1 cm³/mol. The fourth-order valence-corrected chi connectivity index (χ4v) is 3.33. The van der Waals surface area contributed by atoms with Crippen molar-refractivity contribution in [1.82, 2.24) is 5.32 Å². The Balaban J connectivity index is 1.68. The van der Waals surface area contributed by atoms with Gasteiger partial charge in [0.2, 0.25) is 0 Å². The van der Waals surface area contributed by atoms with Crippen molar-refractivity contribution < 1.29 is 0 Å². The maximum Gasteiger partial charge on any atom is 0.0130 e. The maximum absolute atomic E-state index is 3.81. The van der Waals surface area contributed by atoms with E-state index in [0.717, 1.165) is 17.9 Å². The van der Waals surface area contributed by atoms with Crippen LogP contribution in [-0.2, 0) is 12.8 Å². The van der Waals surface area contributed by atoms with E-state index in [1.807, 2.05) is 0 Å². The van der Waals surface area contributed by atoms with Crippen LogP contribution in [0, 0.1) is 11.8 Å². The molecule has 1 aromatic carbocycles. The Hall–Kier alpha value is -0.820. The lowest BCUT2D eigenvalue weighted by atomic mass is 9.92. The zero-order valence-corrected chi connectivity index (χ0v) is 10.8. The summed E-state index contributed by atoms with van der Waals surface area (Å²) in [6, 6.07) is 9.79. The topological polar surface area (TPSA) is 12.0 Å². The molecule has 2 aliphatic rings. The van der Waals surface area contributed by atoms with Gasteiger partial charge in [-0.1, -0.05) is 31.2 Å². The smallest absolute Gasteiger partial charge is 0.0130 e. The average Bonchev–Trinajstić information content (AvgIpc) is 3.09. The molecule has 1 N–H and O–H groups in total. The minimum atomic E-state index is 0.780. The highest BCUT2D eigenvalue weighted by Crippen LogP contribution is 2.40. The molecule has 2 aliphatic carbocycles. The van der Waals surface area contributed by atoms with Gasteiger partial charge in [-0.15, -0.1) is 0 Å². The first kappa shape index (κ1) is 11.3. The van der Waals surface area contributed by atoms with Crippen LogP contribution in [-0.4, -0.2) is 12.6 Å². The normalized spacial score (nSPS) is 21.5. The molecule has 17 heavy (non-hydrogen) atoms. The molecule has 1 heteroatoms. The zero-order chi connectivity index (χ0) is 11.7. The molecule has 1 fully saturated rings. The molecule has 0 aliphatic heterocycles. The number of benzene rings is 1. The monoisotopic (exact) mass is 229 g/mol. The summed E-state index contributed by atoms with van der Waals surface area (Å²) in [5, 5.41) is 3.81. The lowest BCUT2D eigenvalue weighted by Crippen LogP contribution is -2.39. The summed E-state index contributed by atoms with van der Waals surface area (Å²) in [6.45, 7) is 3.45. The van der Waals surface area contributed by atoms with Gasteiger partial charge in [-0.05, 0) is 61.6 Å². The lowest BCUT2D eigenvalue weighted by Gasteiger charge is -2.24. The Morgan fingerprint density at radius 3 is 2.29 bits per heavy atom. The van der Waals surface area contributed by atoms with E-state index in [4.69, 9.17) is 0 Å². The molecule has 1 atom stereocenters. The molecular formula is C16H23N. The summed E-state index contributed by atoms with van der Waals surface area (Å²) in [7, 11) is 0. The quantitative estimate of drug-likeness (QED) is 0.817. The number of hydrogen-bond donors (Lipinski definition) is 1. The number of rotatable bonds is 5. The molecule has 1 saturated carbocycles. The van der Waals surface area contributed by atoms with Gasteiger partial charge in [-0.25, -0.2) is 0 Å². The first-order valence-electron chi connectivity index (χ1n) is 7.18. The third-order valence-electron chi connectivity index (χ3n) is 4.35. The molecule has 0 radical (unpaired) electrons. The fraction of sp³-hybridized carbons (Fsp3) is 0.625. The summed E-state index contributed by atoms with van der Waals surface area (Å²) in [5.41, 5.74) is 3.20. The van der Waals surface area contributed by atoms with Crippen molar-refractivity contribution >= 4 is 0 Å². The van der Waals surface area contributed by atoms with E-state index in [2.05, 4.69) is 36.5 Å². The van der Waals surface area contributed by atoms with Gasteiger partial charge in [0.05, 0.1) is 0 Å². The maximum atomic E-state index is 3.81. The van der Waals surface area contributed by atoms with Gasteiger partial charge in [0.1, 0.15) is 0 Å². The second kappa shape index (κ2) is 4.81. The van der Waals surface area contributed by atoms with Crippen LogP contribution in [0.25, 0.3) is 0 Å². The van der Waals surface area contributed by atoms with Crippen molar-refractivity contribution in [2.24, 2.45) is 11.8 Å². The first-order valence-corrected chi connectivity index (χ1v) is 7.18. The molecule has 0 bridgehead atoms. The standard InChI is InChI=1S/C16H23N/c1-2-9-17-16(12-7-8-12)15-10-13-5-3-4-6-14(13)11-15/h3-6,12,15-17H,2,7-11H2,1H3. The van der Waals surface area contributed by atoms with E-state index < -0.39 is 0 Å². The highest BCUT2D eigenvalue weighted by atomic mass is 14.9. The lowest BCUT2D eigenvalue weighted by molar-refractivity contribution is 0.330. The van der Waals surface area contributed by atoms with E-state index in [1.165, 1.54) is 38.6 Å². The number of hydrogen-bond acceptors (Lipinski definition) is 1. The molecule has 0 saturated heterocycles. The largest absolute Gasteiger partial charge is 0.313 e. The minimum absolute atomic E-state index is 0.780. The Morgan fingerprint density at radius 1 is 1.12 bits per heavy atom. The van der Waals surface area contributed by atoms with Crippen LogP contribution in [0.15, 0.2) is 24.3 Å². The molecule has 92 valence electrons. The minimum Gasteiger partial charge on any atom is -0.313 e. The molecule has 0 heterocycles. The Bertz CT molecular complexity index is 356. The van der Waals surface area contributed by atoms with Crippen LogP contribution in [0.3, 0.4) is 0 Å². The number of fused-ring (bicyclic) bond motifs is 1. The predicted octanol–water partition coefficient (Wildman–Crippen LogP) is 3.18. The first-order chi connectivity index (χ1) is 8.38. The Morgan fingerprint density at radius 2 is 1.76 bits per heavy atom. The third kappa shape index (κ3) is 2.40. The average molecular weight is 229 g/mol. The Labute approximate surface area is 105 Å². The van der Waals surface area contributed by atoms with E-state index >= 15 is 0 Å². The van der Waals surface area contributed by atoms with Gasteiger partial charge >= 0.3 is 0 Å². The van der Waals surface area contributed by atoms with Crippen LogP contribution in [0.4, 0.5) is 0 Å². The van der Waals surface area contributed by atoms with Crippen molar-refractivity contribution in [2.75, 3.05) is 6.54 Å². The van der Waals surface area contributed by atoms with Gasteiger partial charge in [-0.2, -0.15) is 0 Å². The fourth-order valence-electron chi connectivity index (χ4n) is 3.33. The Kier molecular flexibility index (Phi) is 3.19. The SMILES string of the molecule is CCCNC(C1CC1)C1Cc2ccccc2C1. The molecule has 1 unspecified atom stereocenters. The van der Waals surface area contributed by atoms with Crippen molar-refractivity contribution in [3.05, 3.63) is 35.4 Å². The van der Waals surface area contributed by atoms with Crippen LogP contribution in [0.1, 0.15) is 37.3 Å². The summed E-state index contributed by atoms with van der Waals surface area (Å²) in [6.07, 6.45) is 6.76. The van der Waals surface area contributed by atoms with Crippen molar-refractivity contribution in [1.29, 1.82) is 0 Å². The van der Waals surface area contributed by atoms with Gasteiger partial charge in [0.25, 0.3) is 0 Å².